The fourth-order valence-corrected chi connectivity index (χ4v) is 2.27. The Morgan fingerprint density at radius 1 is 1.15 bits per heavy atom. The predicted octanol–water partition coefficient (Wildman–Crippen LogP) is 3.21. The standard InChI is InChI=1S/C18H25N3O5S/c1-18(2,3)26-17(23)20-16(27-6)19-15(22)11-14(21-25-5)12-7-9-13(24-4)10-8-12/h7-10H,11H2,1-6H3,(H,19,20,22,23)/b21-14+. The molecule has 0 unspecified atom stereocenters. The number of ether oxygens (including phenoxy) is 2. The van der Waals surface area contributed by atoms with E-state index in [1.807, 2.05) is 0 Å². The topological polar surface area (TPSA) is 98.6 Å². The van der Waals surface area contributed by atoms with Gasteiger partial charge in [0.15, 0.2) is 5.17 Å². The molecule has 0 heterocycles. The highest BCUT2D eigenvalue weighted by atomic mass is 32.2. The molecule has 9 heteroatoms. The SMILES string of the molecule is CO/N=C(\CC(=O)N/C(=N\C(=O)OC(C)(C)C)SC)c1ccc(OC)cc1. The number of benzene rings is 1. The van der Waals surface area contributed by atoms with E-state index < -0.39 is 17.6 Å². The van der Waals surface area contributed by atoms with Crippen LogP contribution in [0.3, 0.4) is 0 Å². The Kier molecular flexibility index (Phi) is 8.80. The van der Waals surface area contributed by atoms with Crippen molar-refractivity contribution in [1.82, 2.24) is 5.32 Å². The maximum atomic E-state index is 12.3. The molecule has 27 heavy (non-hydrogen) atoms. The van der Waals surface area contributed by atoms with E-state index in [4.69, 9.17) is 14.3 Å². The molecule has 148 valence electrons. The van der Waals surface area contributed by atoms with Crippen LogP contribution < -0.4 is 10.1 Å². The van der Waals surface area contributed by atoms with Crippen molar-refractivity contribution in [2.75, 3.05) is 20.5 Å². The normalized spacial score (nSPS) is 12.4. The van der Waals surface area contributed by atoms with Crippen LogP contribution in [0.15, 0.2) is 34.4 Å². The fourth-order valence-electron chi connectivity index (χ4n) is 1.89. The first-order chi connectivity index (χ1) is 12.7. The molecule has 0 saturated heterocycles. The number of carbonyl (C=O) groups excluding carboxylic acids is 2. The van der Waals surface area contributed by atoms with Gasteiger partial charge in [0, 0.05) is 5.56 Å². The Balaban J connectivity index is 2.83. The molecule has 0 aromatic heterocycles. The summed E-state index contributed by atoms with van der Waals surface area (Å²) < 4.78 is 10.2. The summed E-state index contributed by atoms with van der Waals surface area (Å²) >= 11 is 1.12. The van der Waals surface area contributed by atoms with Crippen LogP contribution in [0.1, 0.15) is 32.8 Å². The third-order valence-electron chi connectivity index (χ3n) is 2.98. The molecule has 0 aliphatic carbocycles. The van der Waals surface area contributed by atoms with Crippen LogP contribution in [0.4, 0.5) is 4.79 Å². The van der Waals surface area contributed by atoms with Crippen molar-refractivity contribution in [1.29, 1.82) is 0 Å². The van der Waals surface area contributed by atoms with E-state index in [9.17, 15) is 9.59 Å². The molecular weight excluding hydrogens is 370 g/mol. The van der Waals surface area contributed by atoms with E-state index >= 15 is 0 Å². The molecule has 1 aromatic carbocycles. The predicted molar refractivity (Wildman–Crippen MR) is 106 cm³/mol. The van der Waals surface area contributed by atoms with Gasteiger partial charge in [-0.2, -0.15) is 4.99 Å². The summed E-state index contributed by atoms with van der Waals surface area (Å²) in [7, 11) is 2.97. The van der Waals surface area contributed by atoms with Crippen molar-refractivity contribution in [2.24, 2.45) is 10.1 Å². The maximum Gasteiger partial charge on any atom is 0.436 e. The third-order valence-corrected chi connectivity index (χ3v) is 3.56. The van der Waals surface area contributed by atoms with Gasteiger partial charge in [-0.3, -0.25) is 4.79 Å². The van der Waals surface area contributed by atoms with Crippen LogP contribution in [-0.2, 0) is 14.4 Å². The zero-order valence-electron chi connectivity index (χ0n) is 16.4. The maximum absolute atomic E-state index is 12.3. The van der Waals surface area contributed by atoms with Crippen LogP contribution in [-0.4, -0.2) is 49.0 Å². The van der Waals surface area contributed by atoms with Gasteiger partial charge in [-0.25, -0.2) is 4.79 Å². The smallest absolute Gasteiger partial charge is 0.436 e. The van der Waals surface area contributed by atoms with Crippen molar-refractivity contribution < 1.29 is 23.9 Å². The highest BCUT2D eigenvalue weighted by Gasteiger charge is 2.18. The molecule has 0 aliphatic rings. The van der Waals surface area contributed by atoms with Crippen LogP contribution in [0, 0.1) is 0 Å². The molecule has 0 aliphatic heterocycles. The first-order valence-corrected chi connectivity index (χ1v) is 9.31. The van der Waals surface area contributed by atoms with Crippen molar-refractivity contribution >= 4 is 34.6 Å². The van der Waals surface area contributed by atoms with E-state index in [-0.39, 0.29) is 11.6 Å². The van der Waals surface area contributed by atoms with Gasteiger partial charge in [0.05, 0.1) is 19.2 Å². The highest BCUT2D eigenvalue weighted by Crippen LogP contribution is 2.14. The average Bonchev–Trinajstić information content (AvgIpc) is 2.59. The van der Waals surface area contributed by atoms with E-state index in [1.54, 1.807) is 58.4 Å². The molecule has 0 saturated carbocycles. The lowest BCUT2D eigenvalue weighted by molar-refractivity contribution is -0.118. The molecule has 1 rings (SSSR count). The summed E-state index contributed by atoms with van der Waals surface area (Å²) in [6.07, 6.45) is 0.860. The minimum Gasteiger partial charge on any atom is -0.497 e. The average molecular weight is 395 g/mol. The number of nitrogens with zero attached hydrogens (tertiary/aromatic N) is 2. The number of thioether (sulfide) groups is 1. The summed E-state index contributed by atoms with van der Waals surface area (Å²) in [6, 6.07) is 7.06. The fraction of sp³-hybridized carbons (Fsp3) is 0.444. The minimum absolute atomic E-state index is 0.0614. The van der Waals surface area contributed by atoms with Crippen molar-refractivity contribution in [3.05, 3.63) is 29.8 Å². The van der Waals surface area contributed by atoms with Gasteiger partial charge < -0.3 is 19.6 Å². The number of amidine groups is 1. The number of hydrogen-bond donors (Lipinski definition) is 1. The van der Waals surface area contributed by atoms with Crippen LogP contribution >= 0.6 is 11.8 Å². The van der Waals surface area contributed by atoms with Gasteiger partial charge in [0.2, 0.25) is 5.91 Å². The molecule has 0 atom stereocenters. The van der Waals surface area contributed by atoms with E-state index in [2.05, 4.69) is 15.5 Å². The summed E-state index contributed by atoms with van der Waals surface area (Å²) in [6.45, 7) is 5.21. The molecule has 1 aromatic rings. The lowest BCUT2D eigenvalue weighted by Crippen LogP contribution is -2.31. The zero-order chi connectivity index (χ0) is 20.4. The number of rotatable bonds is 5. The molecule has 8 nitrogen and oxygen atoms in total. The Hall–Kier alpha value is -2.55. The van der Waals surface area contributed by atoms with Gasteiger partial charge in [-0.15, -0.1) is 0 Å². The Morgan fingerprint density at radius 3 is 2.26 bits per heavy atom. The lowest BCUT2D eigenvalue weighted by atomic mass is 10.1. The molecule has 1 N–H and O–H groups in total. The molecule has 2 amide bonds. The second-order valence-electron chi connectivity index (χ2n) is 6.28. The summed E-state index contributed by atoms with van der Waals surface area (Å²) in [5.41, 5.74) is 0.471. The monoisotopic (exact) mass is 395 g/mol. The number of aliphatic imine (C=N–C) groups is 1. The number of hydrogen-bond acceptors (Lipinski definition) is 7. The van der Waals surface area contributed by atoms with Crippen molar-refractivity contribution in [3.8, 4) is 5.75 Å². The Morgan fingerprint density at radius 2 is 1.78 bits per heavy atom. The first-order valence-electron chi connectivity index (χ1n) is 8.08. The zero-order valence-corrected chi connectivity index (χ0v) is 17.2. The van der Waals surface area contributed by atoms with E-state index in [0.717, 1.165) is 11.8 Å². The Labute approximate surface area is 163 Å². The second kappa shape index (κ2) is 10.6. The molecule has 0 spiro atoms. The molecule has 0 bridgehead atoms. The molecule has 0 fully saturated rings. The minimum atomic E-state index is -0.770. The lowest BCUT2D eigenvalue weighted by Gasteiger charge is -2.17. The van der Waals surface area contributed by atoms with Crippen LogP contribution in [0.2, 0.25) is 0 Å². The highest BCUT2D eigenvalue weighted by molar-refractivity contribution is 8.13. The molecule has 0 radical (unpaired) electrons. The van der Waals surface area contributed by atoms with Crippen molar-refractivity contribution in [3.63, 3.8) is 0 Å². The number of nitrogens with one attached hydrogen (secondary N) is 1. The second-order valence-corrected chi connectivity index (χ2v) is 7.07. The molecular formula is C18H25N3O5S. The van der Waals surface area contributed by atoms with Gasteiger partial charge in [-0.1, -0.05) is 16.9 Å². The van der Waals surface area contributed by atoms with Gasteiger partial charge in [0.1, 0.15) is 18.5 Å². The first kappa shape index (κ1) is 22.5. The van der Waals surface area contributed by atoms with E-state index in [0.29, 0.717) is 17.0 Å². The quantitative estimate of drug-likeness (QED) is 0.467. The summed E-state index contributed by atoms with van der Waals surface area (Å²) in [5, 5.41) is 6.63. The number of amides is 2. The van der Waals surface area contributed by atoms with Crippen molar-refractivity contribution in [2.45, 2.75) is 32.8 Å². The number of oxime groups is 1. The Bertz CT molecular complexity index is 709. The van der Waals surface area contributed by atoms with E-state index in [1.165, 1.54) is 7.11 Å². The summed E-state index contributed by atoms with van der Waals surface area (Å²) in [4.78, 5) is 32.7. The van der Waals surface area contributed by atoms with Gasteiger partial charge >= 0.3 is 6.09 Å². The van der Waals surface area contributed by atoms with Gasteiger partial charge in [-0.05, 0) is 51.3 Å². The largest absolute Gasteiger partial charge is 0.497 e. The number of carbonyl (C=O) groups is 2. The van der Waals surface area contributed by atoms with Gasteiger partial charge in [0.25, 0.3) is 0 Å². The van der Waals surface area contributed by atoms with Crippen LogP contribution in [0.25, 0.3) is 0 Å². The number of methoxy groups -OCH3 is 1. The third kappa shape index (κ3) is 8.59. The van der Waals surface area contributed by atoms with Crippen LogP contribution in [0.5, 0.6) is 5.75 Å². The summed E-state index contributed by atoms with van der Waals surface area (Å²) in [5.74, 6) is 0.299.